The van der Waals surface area contributed by atoms with E-state index in [0.717, 1.165) is 105 Å². The molecule has 3 aliphatic rings. The number of benzene rings is 21. The average Bonchev–Trinajstić information content (AvgIpc) is 1.56. The second-order valence-corrected chi connectivity index (χ2v) is 42.2. The molecule has 0 radical (unpaired) electrons. The van der Waals surface area contributed by atoms with Gasteiger partial charge in [0.05, 0.1) is 66.2 Å². The SMILES string of the molecule is CC1(C)c2ccccc2-c2ccc(-n3c4ccccc4c4cc(-c5ccc6c(c5)c5ccccc5n6-c5ccc(-c6nc(-c7cccc(-n8c9ccccc9c9cc(-c%10ccc%11c(c%10)c%10ccccc%10n%11-c%10ccc%11c(c%10)C(C)(C)c%10ccccc%10-%11)ccc98)c7)nc(-c7cccc(-n8c9ccccc9c9cc(-c%10ccc%11c(c%10)c%10ccccc%10n%11-c%10ccc%11c(c%10)C(C)(C)c%10ccccc%10-%11)ccc98)c7)n6)cc5)ccc43)cc21. The van der Waals surface area contributed by atoms with Crippen LogP contribution in [-0.2, 0) is 16.2 Å². The van der Waals surface area contributed by atoms with Gasteiger partial charge in [0.15, 0.2) is 17.5 Å². The summed E-state index contributed by atoms with van der Waals surface area (Å²) in [4.78, 5) is 16.8. The summed E-state index contributed by atoms with van der Waals surface area (Å²) in [6.45, 7) is 14.2. The molecule has 147 heavy (non-hydrogen) atoms. The third-order valence-electron chi connectivity index (χ3n) is 33.3. The molecule has 0 saturated heterocycles. The van der Waals surface area contributed by atoms with E-state index in [9.17, 15) is 0 Å². The fourth-order valence-electron chi connectivity index (χ4n) is 26.2. The highest BCUT2D eigenvalue weighted by molar-refractivity contribution is 6.18. The van der Waals surface area contributed by atoms with Gasteiger partial charge in [-0.2, -0.15) is 0 Å². The van der Waals surface area contributed by atoms with E-state index in [-0.39, 0.29) is 16.2 Å². The maximum Gasteiger partial charge on any atom is 0.164 e. The number of fused-ring (bicyclic) bond motifs is 27. The molecule has 21 aromatic carbocycles. The second-order valence-electron chi connectivity index (χ2n) is 42.2. The van der Waals surface area contributed by atoms with Crippen LogP contribution in [0.25, 0.3) is 266 Å². The molecule has 9 nitrogen and oxygen atoms in total. The normalized spacial score (nSPS) is 13.7. The van der Waals surface area contributed by atoms with Gasteiger partial charge in [0.2, 0.25) is 0 Å². The molecule has 9 heteroatoms. The Kier molecular flexibility index (Phi) is 17.4. The van der Waals surface area contributed by atoms with Gasteiger partial charge in [0, 0.05) is 132 Å². The van der Waals surface area contributed by atoms with Crippen LogP contribution in [0.2, 0.25) is 0 Å². The molecule has 7 heterocycles. The molecular weight excluding hydrogens is 1780 g/mol. The van der Waals surface area contributed by atoms with E-state index in [2.05, 4.69) is 524 Å². The molecule has 690 valence electrons. The lowest BCUT2D eigenvalue weighted by atomic mass is 9.82. The van der Waals surface area contributed by atoms with Crippen LogP contribution in [0.4, 0.5) is 0 Å². The van der Waals surface area contributed by atoms with Crippen molar-refractivity contribution in [1.29, 1.82) is 0 Å². The van der Waals surface area contributed by atoms with Gasteiger partial charge >= 0.3 is 0 Å². The fraction of sp³-hybridized carbons (Fsp3) is 0.0652. The molecule has 7 aromatic heterocycles. The molecular formula is C138H93N9. The fourth-order valence-corrected chi connectivity index (χ4v) is 26.2. The molecule has 0 N–H and O–H groups in total. The van der Waals surface area contributed by atoms with Crippen LogP contribution in [0, 0.1) is 0 Å². The predicted octanol–water partition coefficient (Wildman–Crippen LogP) is 35.4. The summed E-state index contributed by atoms with van der Waals surface area (Å²) in [5.41, 5.74) is 45.5. The van der Waals surface area contributed by atoms with Crippen LogP contribution in [-0.4, -0.2) is 42.4 Å². The predicted molar refractivity (Wildman–Crippen MR) is 611 cm³/mol. The van der Waals surface area contributed by atoms with E-state index in [0.29, 0.717) is 17.5 Å². The van der Waals surface area contributed by atoms with Crippen molar-refractivity contribution < 1.29 is 0 Å². The van der Waals surface area contributed by atoms with Crippen LogP contribution in [0.5, 0.6) is 0 Å². The zero-order valence-electron chi connectivity index (χ0n) is 81.8. The van der Waals surface area contributed by atoms with E-state index in [1.165, 1.54) is 176 Å². The average molecular weight is 1880 g/mol. The van der Waals surface area contributed by atoms with Crippen LogP contribution in [0.15, 0.2) is 455 Å². The standard InChI is InChI=1S/C138H93N9/c1-136(2)115-40-16-7-31-97(115)100-62-59-94(79-118(100)136)145-124-46-22-13-37-106(124)112-76-86(54-68-130(112)145)83-51-65-127-109(73-83)103-34-10-19-43-121(103)142(127)91-57-49-82(50-58-91)133-139-134(89-27-25-29-92(71-89)143-122-44-20-11-35-104(122)110-74-84(52-66-128(110)143)87-55-69-131-113(77-87)107-38-14-23-47-125(107)146(131)95-60-63-101-98-32-8-17-41-116(98)137(3,4)119(101)80-95)141-135(140-133)90-28-26-30-93(72-90)144-123-45-21-12-36-105(123)111-75-85(53-67-129(111)144)88-56-70-132-114(78-88)108-39-15-24-48-126(108)147(132)96-61-64-102-99-33-9-18-42-117(99)138(5,6)120(102)81-96/h7-81H,1-6H3. The zero-order chi connectivity index (χ0) is 97.3. The van der Waals surface area contributed by atoms with Gasteiger partial charge < -0.3 is 27.4 Å². The molecule has 0 atom stereocenters. The molecule has 28 aromatic rings. The second kappa shape index (κ2) is 30.7. The smallest absolute Gasteiger partial charge is 0.164 e. The summed E-state index contributed by atoms with van der Waals surface area (Å²) in [5, 5.41) is 14.4. The molecule has 0 bridgehead atoms. The number of para-hydroxylation sites is 6. The van der Waals surface area contributed by atoms with Crippen LogP contribution in [0.1, 0.15) is 74.9 Å². The first-order valence-corrected chi connectivity index (χ1v) is 51.2. The monoisotopic (exact) mass is 1880 g/mol. The number of hydrogen-bond donors (Lipinski definition) is 0. The molecule has 0 unspecified atom stereocenters. The highest BCUT2D eigenvalue weighted by Gasteiger charge is 2.40. The Morgan fingerprint density at radius 3 is 0.612 bits per heavy atom. The van der Waals surface area contributed by atoms with Gasteiger partial charge in [0.1, 0.15) is 0 Å². The largest absolute Gasteiger partial charge is 0.309 e. The molecule has 0 amide bonds. The Hall–Kier alpha value is -18.6. The molecule has 0 fully saturated rings. The molecule has 0 aliphatic heterocycles. The van der Waals surface area contributed by atoms with Crippen molar-refractivity contribution in [3.8, 4) is 135 Å². The summed E-state index contributed by atoms with van der Waals surface area (Å²) in [7, 11) is 0. The lowest BCUT2D eigenvalue weighted by Gasteiger charge is -2.22. The minimum absolute atomic E-state index is 0.122. The number of aromatic nitrogens is 9. The molecule has 31 rings (SSSR count). The minimum Gasteiger partial charge on any atom is -0.309 e. The maximum atomic E-state index is 5.63. The van der Waals surface area contributed by atoms with Crippen molar-refractivity contribution in [3.05, 3.63) is 488 Å². The van der Waals surface area contributed by atoms with Crippen molar-refractivity contribution in [2.45, 2.75) is 57.8 Å². The topological polar surface area (TPSA) is 68.2 Å². The van der Waals surface area contributed by atoms with Crippen molar-refractivity contribution >= 4 is 131 Å². The molecule has 3 aliphatic carbocycles. The third-order valence-corrected chi connectivity index (χ3v) is 33.3. The van der Waals surface area contributed by atoms with Crippen molar-refractivity contribution in [1.82, 2.24) is 42.4 Å². The lowest BCUT2D eigenvalue weighted by molar-refractivity contribution is 0.660. The highest BCUT2D eigenvalue weighted by atomic mass is 15.1. The maximum absolute atomic E-state index is 5.63. The number of nitrogens with zero attached hydrogens (tertiary/aromatic N) is 9. The Morgan fingerprint density at radius 2 is 0.340 bits per heavy atom. The summed E-state index contributed by atoms with van der Waals surface area (Å²) in [5.74, 6) is 1.67. The summed E-state index contributed by atoms with van der Waals surface area (Å²) in [6.07, 6.45) is 0. The van der Waals surface area contributed by atoms with Crippen LogP contribution < -0.4 is 0 Å². The van der Waals surface area contributed by atoms with Crippen molar-refractivity contribution in [3.63, 3.8) is 0 Å². The summed E-state index contributed by atoms with van der Waals surface area (Å²) >= 11 is 0. The van der Waals surface area contributed by atoms with Gasteiger partial charge in [-0.15, -0.1) is 0 Å². The van der Waals surface area contributed by atoms with Gasteiger partial charge in [-0.1, -0.05) is 302 Å². The molecule has 0 saturated carbocycles. The van der Waals surface area contributed by atoms with E-state index in [1.54, 1.807) is 0 Å². The van der Waals surface area contributed by atoms with E-state index >= 15 is 0 Å². The van der Waals surface area contributed by atoms with Gasteiger partial charge in [-0.3, -0.25) is 0 Å². The van der Waals surface area contributed by atoms with Crippen molar-refractivity contribution in [2.24, 2.45) is 0 Å². The lowest BCUT2D eigenvalue weighted by Crippen LogP contribution is -2.15. The Bertz CT molecular complexity index is 10200. The Morgan fingerprint density at radius 1 is 0.136 bits per heavy atom. The zero-order valence-corrected chi connectivity index (χ0v) is 81.8. The summed E-state index contributed by atoms with van der Waals surface area (Å²) in [6, 6.07) is 170. The first-order chi connectivity index (χ1) is 72.1. The summed E-state index contributed by atoms with van der Waals surface area (Å²) < 4.78 is 14.6. The quantitative estimate of drug-likeness (QED) is 0.122. The van der Waals surface area contributed by atoms with Crippen molar-refractivity contribution in [2.75, 3.05) is 0 Å². The van der Waals surface area contributed by atoms with Crippen LogP contribution >= 0.6 is 0 Å². The van der Waals surface area contributed by atoms with E-state index in [1.807, 2.05) is 0 Å². The third kappa shape index (κ3) is 12.1. The van der Waals surface area contributed by atoms with Crippen LogP contribution in [0.3, 0.4) is 0 Å². The van der Waals surface area contributed by atoms with E-state index in [4.69, 9.17) is 15.0 Å². The van der Waals surface area contributed by atoms with Gasteiger partial charge in [-0.05, 0) is 294 Å². The minimum atomic E-state index is -0.127. The van der Waals surface area contributed by atoms with E-state index < -0.39 is 0 Å². The number of hydrogen-bond acceptors (Lipinski definition) is 3. The first kappa shape index (κ1) is 83.1. The Balaban J connectivity index is 0.513. The highest BCUT2D eigenvalue weighted by Crippen LogP contribution is 2.55. The molecule has 0 spiro atoms. The number of rotatable bonds is 12. The van der Waals surface area contributed by atoms with Gasteiger partial charge in [-0.25, -0.2) is 15.0 Å². The first-order valence-electron chi connectivity index (χ1n) is 51.2. The van der Waals surface area contributed by atoms with Gasteiger partial charge in [0.25, 0.3) is 0 Å². The Labute approximate surface area is 848 Å².